The van der Waals surface area contributed by atoms with Gasteiger partial charge in [0.25, 0.3) is 0 Å². The highest BCUT2D eigenvalue weighted by Gasteiger charge is 2.19. The van der Waals surface area contributed by atoms with Crippen molar-refractivity contribution in [2.24, 2.45) is 5.92 Å². The van der Waals surface area contributed by atoms with Crippen LogP contribution < -0.4 is 5.32 Å². The Morgan fingerprint density at radius 2 is 2.06 bits per heavy atom. The predicted octanol–water partition coefficient (Wildman–Crippen LogP) is 2.66. The van der Waals surface area contributed by atoms with Gasteiger partial charge in [-0.2, -0.15) is 0 Å². The molecule has 16 heavy (non-hydrogen) atoms. The number of carbonyl (C=O) groups is 1. The van der Waals surface area contributed by atoms with E-state index in [4.69, 9.17) is 5.11 Å². The third-order valence-electron chi connectivity index (χ3n) is 2.64. The number of nitrogens with one attached hydrogen (secondary N) is 1. The van der Waals surface area contributed by atoms with Gasteiger partial charge < -0.3 is 10.4 Å². The Labute approximate surface area is 94.3 Å². The normalized spacial score (nSPS) is 14.2. The van der Waals surface area contributed by atoms with Crippen LogP contribution in [0.3, 0.4) is 0 Å². The number of carboxylic acids is 1. The van der Waals surface area contributed by atoms with Crippen molar-refractivity contribution in [1.29, 1.82) is 0 Å². The van der Waals surface area contributed by atoms with Gasteiger partial charge in [-0.15, -0.1) is 0 Å². The molecule has 2 unspecified atom stereocenters. The van der Waals surface area contributed by atoms with Crippen LogP contribution in [0.25, 0.3) is 0 Å². The molecule has 4 heteroatoms. The molecular formula is C12H16FNO2. The van der Waals surface area contributed by atoms with Crippen molar-refractivity contribution < 1.29 is 14.3 Å². The average molecular weight is 225 g/mol. The highest BCUT2D eigenvalue weighted by molar-refractivity contribution is 5.71. The molecule has 1 aromatic carbocycles. The van der Waals surface area contributed by atoms with Crippen LogP contribution in [0, 0.1) is 18.7 Å². The van der Waals surface area contributed by atoms with Crippen molar-refractivity contribution in [1.82, 2.24) is 0 Å². The lowest BCUT2D eigenvalue weighted by atomic mass is 10.0. The van der Waals surface area contributed by atoms with Crippen LogP contribution in [0.5, 0.6) is 0 Å². The number of halogens is 1. The van der Waals surface area contributed by atoms with E-state index in [0.29, 0.717) is 5.69 Å². The van der Waals surface area contributed by atoms with E-state index in [0.717, 1.165) is 5.56 Å². The smallest absolute Gasteiger partial charge is 0.308 e. The van der Waals surface area contributed by atoms with Crippen LogP contribution in [0.1, 0.15) is 19.4 Å². The first-order valence-corrected chi connectivity index (χ1v) is 5.17. The summed E-state index contributed by atoms with van der Waals surface area (Å²) in [5.41, 5.74) is 1.28. The SMILES string of the molecule is Cc1ccc(F)c(NC(C)C(C)C(=O)O)c1. The molecule has 2 N–H and O–H groups in total. The fraction of sp³-hybridized carbons (Fsp3) is 0.417. The number of anilines is 1. The molecule has 0 saturated carbocycles. The summed E-state index contributed by atoms with van der Waals surface area (Å²) in [4.78, 5) is 10.7. The topological polar surface area (TPSA) is 49.3 Å². The maximum Gasteiger partial charge on any atom is 0.308 e. The largest absolute Gasteiger partial charge is 0.481 e. The van der Waals surface area contributed by atoms with Gasteiger partial charge in [0.2, 0.25) is 0 Å². The van der Waals surface area contributed by atoms with Crippen molar-refractivity contribution in [3.63, 3.8) is 0 Å². The summed E-state index contributed by atoms with van der Waals surface area (Å²) >= 11 is 0. The molecule has 0 spiro atoms. The molecule has 0 aliphatic heterocycles. The first-order chi connectivity index (χ1) is 7.41. The second-order valence-corrected chi connectivity index (χ2v) is 4.04. The summed E-state index contributed by atoms with van der Waals surface area (Å²) in [6, 6.07) is 4.39. The fourth-order valence-electron chi connectivity index (χ4n) is 1.33. The van der Waals surface area contributed by atoms with E-state index < -0.39 is 11.9 Å². The minimum atomic E-state index is -0.895. The Morgan fingerprint density at radius 1 is 1.44 bits per heavy atom. The Kier molecular flexibility index (Phi) is 3.88. The maximum atomic E-state index is 13.4. The average Bonchev–Trinajstić information content (AvgIpc) is 2.22. The zero-order chi connectivity index (χ0) is 12.3. The molecule has 88 valence electrons. The van der Waals surface area contributed by atoms with E-state index in [-0.39, 0.29) is 11.9 Å². The molecule has 0 bridgehead atoms. The van der Waals surface area contributed by atoms with Gasteiger partial charge in [0, 0.05) is 6.04 Å². The summed E-state index contributed by atoms with van der Waals surface area (Å²) < 4.78 is 13.4. The Balaban J connectivity index is 2.80. The van der Waals surface area contributed by atoms with Crippen molar-refractivity contribution >= 4 is 11.7 Å². The molecule has 0 radical (unpaired) electrons. The van der Waals surface area contributed by atoms with Crippen molar-refractivity contribution in [2.75, 3.05) is 5.32 Å². The third-order valence-corrected chi connectivity index (χ3v) is 2.64. The molecular weight excluding hydrogens is 209 g/mol. The number of aliphatic carboxylic acids is 1. The summed E-state index contributed by atoms with van der Waals surface area (Å²) in [5.74, 6) is -1.83. The molecule has 3 nitrogen and oxygen atoms in total. The standard InChI is InChI=1S/C12H16FNO2/c1-7-4-5-10(13)11(6-7)14-9(3)8(2)12(15)16/h4-6,8-9,14H,1-3H3,(H,15,16). The van der Waals surface area contributed by atoms with Gasteiger partial charge in [-0.25, -0.2) is 4.39 Å². The molecule has 0 amide bonds. The van der Waals surface area contributed by atoms with Crippen molar-refractivity contribution in [3.05, 3.63) is 29.6 Å². The van der Waals surface area contributed by atoms with E-state index >= 15 is 0 Å². The summed E-state index contributed by atoms with van der Waals surface area (Å²) in [6.07, 6.45) is 0. The number of hydrogen-bond acceptors (Lipinski definition) is 2. The molecule has 1 aromatic rings. The van der Waals surface area contributed by atoms with Crippen LogP contribution in [0.15, 0.2) is 18.2 Å². The van der Waals surface area contributed by atoms with Gasteiger partial charge in [-0.05, 0) is 38.5 Å². The van der Waals surface area contributed by atoms with E-state index in [1.54, 1.807) is 26.0 Å². The third kappa shape index (κ3) is 2.95. The Bertz CT molecular complexity index is 393. The molecule has 0 saturated heterocycles. The lowest BCUT2D eigenvalue weighted by molar-refractivity contribution is -0.141. The maximum absolute atomic E-state index is 13.4. The zero-order valence-electron chi connectivity index (χ0n) is 9.62. The number of carboxylic acid groups (broad SMARTS) is 1. The highest BCUT2D eigenvalue weighted by Crippen LogP contribution is 2.18. The van der Waals surface area contributed by atoms with Crippen LogP contribution in [0.2, 0.25) is 0 Å². The summed E-state index contributed by atoms with van der Waals surface area (Å²) in [5, 5.41) is 11.7. The van der Waals surface area contributed by atoms with Gasteiger partial charge in [-0.3, -0.25) is 4.79 Å². The molecule has 0 aromatic heterocycles. The van der Waals surface area contributed by atoms with Crippen molar-refractivity contribution in [3.8, 4) is 0 Å². The van der Waals surface area contributed by atoms with E-state index in [2.05, 4.69) is 5.32 Å². The Morgan fingerprint density at radius 3 is 2.62 bits per heavy atom. The van der Waals surface area contributed by atoms with Crippen LogP contribution in [0.4, 0.5) is 10.1 Å². The van der Waals surface area contributed by atoms with Crippen LogP contribution in [-0.2, 0) is 4.79 Å². The fourth-order valence-corrected chi connectivity index (χ4v) is 1.33. The molecule has 0 aliphatic carbocycles. The summed E-state index contributed by atoms with van der Waals surface area (Å²) in [7, 11) is 0. The van der Waals surface area contributed by atoms with E-state index in [1.165, 1.54) is 6.07 Å². The second kappa shape index (κ2) is 4.96. The first kappa shape index (κ1) is 12.5. The highest BCUT2D eigenvalue weighted by atomic mass is 19.1. The number of rotatable bonds is 4. The van der Waals surface area contributed by atoms with Gasteiger partial charge in [0.15, 0.2) is 0 Å². The predicted molar refractivity (Wildman–Crippen MR) is 61.0 cm³/mol. The molecule has 0 fully saturated rings. The van der Waals surface area contributed by atoms with E-state index in [1.807, 2.05) is 6.92 Å². The quantitative estimate of drug-likeness (QED) is 0.828. The van der Waals surface area contributed by atoms with E-state index in [9.17, 15) is 9.18 Å². The minimum Gasteiger partial charge on any atom is -0.481 e. The zero-order valence-corrected chi connectivity index (χ0v) is 9.62. The molecule has 0 heterocycles. The van der Waals surface area contributed by atoms with Gasteiger partial charge in [0.05, 0.1) is 11.6 Å². The van der Waals surface area contributed by atoms with Crippen LogP contribution >= 0.6 is 0 Å². The molecule has 0 aliphatic rings. The van der Waals surface area contributed by atoms with Gasteiger partial charge >= 0.3 is 5.97 Å². The molecule has 1 rings (SSSR count). The van der Waals surface area contributed by atoms with Crippen LogP contribution in [-0.4, -0.2) is 17.1 Å². The lowest BCUT2D eigenvalue weighted by Crippen LogP contribution is -2.30. The number of benzene rings is 1. The molecule has 2 atom stereocenters. The Hall–Kier alpha value is -1.58. The number of hydrogen-bond donors (Lipinski definition) is 2. The monoisotopic (exact) mass is 225 g/mol. The minimum absolute atomic E-state index is 0.325. The lowest BCUT2D eigenvalue weighted by Gasteiger charge is -2.19. The second-order valence-electron chi connectivity index (χ2n) is 4.04. The van der Waals surface area contributed by atoms with Crippen molar-refractivity contribution in [2.45, 2.75) is 26.8 Å². The van der Waals surface area contributed by atoms with Gasteiger partial charge in [0.1, 0.15) is 5.82 Å². The van der Waals surface area contributed by atoms with Gasteiger partial charge in [-0.1, -0.05) is 6.07 Å². The first-order valence-electron chi connectivity index (χ1n) is 5.17. The summed E-state index contributed by atoms with van der Waals surface area (Å²) in [6.45, 7) is 5.17. The number of aryl methyl sites for hydroxylation is 1.